The molecular formula is C16H15BrN4S. The number of nitrogens with zero attached hydrogens (tertiary/aromatic N) is 2. The van der Waals surface area contributed by atoms with Crippen LogP contribution < -0.4 is 10.6 Å². The zero-order chi connectivity index (χ0) is 15.5. The second kappa shape index (κ2) is 6.46. The van der Waals surface area contributed by atoms with Gasteiger partial charge in [0.25, 0.3) is 0 Å². The smallest absolute Gasteiger partial charge is 0.171 e. The lowest BCUT2D eigenvalue weighted by molar-refractivity contribution is 0.768. The molecule has 0 saturated carbocycles. The Morgan fingerprint density at radius 1 is 1.23 bits per heavy atom. The minimum absolute atomic E-state index is 0.574. The summed E-state index contributed by atoms with van der Waals surface area (Å²) in [6, 6.07) is 16.0. The number of aromatic nitrogens is 2. The monoisotopic (exact) mass is 374 g/mol. The van der Waals surface area contributed by atoms with Crippen LogP contribution in [-0.4, -0.2) is 14.7 Å². The first-order chi connectivity index (χ1) is 10.6. The maximum absolute atomic E-state index is 5.33. The Morgan fingerprint density at radius 3 is 2.82 bits per heavy atom. The highest BCUT2D eigenvalue weighted by Gasteiger charge is 2.07. The second-order valence-corrected chi connectivity index (χ2v) is 6.22. The Bertz CT molecular complexity index is 828. The van der Waals surface area contributed by atoms with Gasteiger partial charge in [0, 0.05) is 17.2 Å². The molecule has 22 heavy (non-hydrogen) atoms. The van der Waals surface area contributed by atoms with Gasteiger partial charge >= 0.3 is 0 Å². The molecule has 0 fully saturated rings. The lowest BCUT2D eigenvalue weighted by Crippen LogP contribution is -2.28. The number of hydrogen-bond donors (Lipinski definition) is 2. The third-order valence-corrected chi connectivity index (χ3v) is 4.11. The number of aryl methyl sites for hydroxylation is 1. The van der Waals surface area contributed by atoms with Gasteiger partial charge in [0.15, 0.2) is 5.11 Å². The number of anilines is 1. The fourth-order valence-electron chi connectivity index (χ4n) is 2.25. The van der Waals surface area contributed by atoms with Gasteiger partial charge in [0.2, 0.25) is 0 Å². The van der Waals surface area contributed by atoms with Gasteiger partial charge in [-0.25, -0.2) is 4.98 Å². The summed E-state index contributed by atoms with van der Waals surface area (Å²) in [7, 11) is 2.01. The number of fused-ring (bicyclic) bond motifs is 1. The van der Waals surface area contributed by atoms with Crippen molar-refractivity contribution in [3.63, 3.8) is 0 Å². The van der Waals surface area contributed by atoms with E-state index < -0.39 is 0 Å². The van der Waals surface area contributed by atoms with Gasteiger partial charge in [0.05, 0.1) is 17.6 Å². The predicted octanol–water partition coefficient (Wildman–Crippen LogP) is 3.82. The van der Waals surface area contributed by atoms with Gasteiger partial charge in [0.1, 0.15) is 5.82 Å². The maximum atomic E-state index is 5.33. The van der Waals surface area contributed by atoms with Crippen LogP contribution in [-0.2, 0) is 13.6 Å². The standard InChI is InChI=1S/C16H15BrN4S/c1-21-14-8-3-2-7-13(14)20-15(21)10-18-16(22)19-12-6-4-5-11(17)9-12/h2-9H,10H2,1H3,(H2,18,19,22). The van der Waals surface area contributed by atoms with Gasteiger partial charge in [-0.3, -0.25) is 0 Å². The van der Waals surface area contributed by atoms with Crippen molar-refractivity contribution >= 4 is 50.0 Å². The van der Waals surface area contributed by atoms with Crippen LogP contribution in [0.25, 0.3) is 11.0 Å². The Morgan fingerprint density at radius 2 is 2.05 bits per heavy atom. The molecule has 6 heteroatoms. The van der Waals surface area contributed by atoms with E-state index >= 15 is 0 Å². The van der Waals surface area contributed by atoms with E-state index in [2.05, 4.69) is 42.2 Å². The lowest BCUT2D eigenvalue weighted by atomic mass is 10.3. The first-order valence-electron chi connectivity index (χ1n) is 6.84. The molecule has 112 valence electrons. The van der Waals surface area contributed by atoms with Crippen molar-refractivity contribution in [1.82, 2.24) is 14.9 Å². The van der Waals surface area contributed by atoms with Crippen LogP contribution in [0, 0.1) is 0 Å². The van der Waals surface area contributed by atoms with Crippen LogP contribution in [0.15, 0.2) is 53.0 Å². The van der Waals surface area contributed by atoms with E-state index in [1.165, 1.54) is 0 Å². The van der Waals surface area contributed by atoms with Crippen LogP contribution in [0.3, 0.4) is 0 Å². The van der Waals surface area contributed by atoms with Gasteiger partial charge in [-0.15, -0.1) is 0 Å². The Kier molecular flexibility index (Phi) is 4.40. The average Bonchev–Trinajstić information content (AvgIpc) is 2.82. The molecule has 1 aromatic heterocycles. The zero-order valence-electron chi connectivity index (χ0n) is 12.0. The van der Waals surface area contributed by atoms with E-state index in [9.17, 15) is 0 Å². The molecule has 0 bridgehead atoms. The van der Waals surface area contributed by atoms with Gasteiger partial charge in [-0.2, -0.15) is 0 Å². The number of halogens is 1. The minimum atomic E-state index is 0.574. The van der Waals surface area contributed by atoms with Crippen LogP contribution in [0.1, 0.15) is 5.82 Å². The first-order valence-corrected chi connectivity index (χ1v) is 8.04. The van der Waals surface area contributed by atoms with Crippen molar-refractivity contribution in [2.45, 2.75) is 6.54 Å². The molecular weight excluding hydrogens is 360 g/mol. The van der Waals surface area contributed by atoms with Crippen molar-refractivity contribution in [2.24, 2.45) is 7.05 Å². The number of hydrogen-bond acceptors (Lipinski definition) is 2. The summed E-state index contributed by atoms with van der Waals surface area (Å²) in [6.45, 7) is 0.574. The fraction of sp³-hybridized carbons (Fsp3) is 0.125. The Balaban J connectivity index is 1.66. The largest absolute Gasteiger partial charge is 0.355 e. The zero-order valence-corrected chi connectivity index (χ0v) is 14.4. The molecule has 0 aliphatic heterocycles. The highest BCUT2D eigenvalue weighted by atomic mass is 79.9. The highest BCUT2D eigenvalue weighted by Crippen LogP contribution is 2.16. The summed E-state index contributed by atoms with van der Waals surface area (Å²) < 4.78 is 3.08. The van der Waals surface area contributed by atoms with E-state index in [1.807, 2.05) is 49.5 Å². The quantitative estimate of drug-likeness (QED) is 0.683. The molecule has 0 amide bonds. The number of rotatable bonds is 3. The van der Waals surface area contributed by atoms with Crippen LogP contribution in [0.2, 0.25) is 0 Å². The number of imidazole rings is 1. The number of para-hydroxylation sites is 2. The molecule has 4 nitrogen and oxygen atoms in total. The number of nitrogens with one attached hydrogen (secondary N) is 2. The molecule has 0 radical (unpaired) electrons. The minimum Gasteiger partial charge on any atom is -0.355 e. The molecule has 0 atom stereocenters. The molecule has 3 rings (SSSR count). The molecule has 0 aliphatic carbocycles. The lowest BCUT2D eigenvalue weighted by Gasteiger charge is -2.10. The van der Waals surface area contributed by atoms with Gasteiger partial charge in [-0.05, 0) is 42.5 Å². The molecule has 0 aliphatic rings. The normalized spacial score (nSPS) is 10.6. The molecule has 0 unspecified atom stereocenters. The summed E-state index contributed by atoms with van der Waals surface area (Å²) in [4.78, 5) is 4.61. The third kappa shape index (κ3) is 3.28. The van der Waals surface area contributed by atoms with E-state index in [-0.39, 0.29) is 0 Å². The van der Waals surface area contributed by atoms with E-state index in [0.717, 1.165) is 27.0 Å². The predicted molar refractivity (Wildman–Crippen MR) is 97.9 cm³/mol. The average molecular weight is 375 g/mol. The SMILES string of the molecule is Cn1c(CNC(=S)Nc2cccc(Br)c2)nc2ccccc21. The summed E-state index contributed by atoms with van der Waals surface area (Å²) in [6.07, 6.45) is 0. The molecule has 3 aromatic rings. The second-order valence-electron chi connectivity index (χ2n) is 4.89. The summed E-state index contributed by atoms with van der Waals surface area (Å²) in [5, 5.41) is 6.92. The highest BCUT2D eigenvalue weighted by molar-refractivity contribution is 9.10. The van der Waals surface area contributed by atoms with Gasteiger partial charge in [-0.1, -0.05) is 34.1 Å². The van der Waals surface area contributed by atoms with Crippen molar-refractivity contribution in [1.29, 1.82) is 0 Å². The summed E-state index contributed by atoms with van der Waals surface area (Å²) in [5.41, 5.74) is 3.05. The Hall–Kier alpha value is -1.92. The molecule has 0 spiro atoms. The third-order valence-electron chi connectivity index (χ3n) is 3.37. The van der Waals surface area contributed by atoms with Crippen LogP contribution >= 0.6 is 28.1 Å². The van der Waals surface area contributed by atoms with Crippen LogP contribution in [0.5, 0.6) is 0 Å². The molecule has 0 saturated heterocycles. The van der Waals surface area contributed by atoms with Crippen molar-refractivity contribution in [3.8, 4) is 0 Å². The van der Waals surface area contributed by atoms with E-state index in [0.29, 0.717) is 11.7 Å². The molecule has 1 heterocycles. The van der Waals surface area contributed by atoms with Crippen molar-refractivity contribution < 1.29 is 0 Å². The van der Waals surface area contributed by atoms with Crippen LogP contribution in [0.4, 0.5) is 5.69 Å². The van der Waals surface area contributed by atoms with Crippen molar-refractivity contribution in [2.75, 3.05) is 5.32 Å². The number of benzene rings is 2. The van der Waals surface area contributed by atoms with E-state index in [1.54, 1.807) is 0 Å². The van der Waals surface area contributed by atoms with Crippen molar-refractivity contribution in [3.05, 3.63) is 58.8 Å². The molecule has 2 N–H and O–H groups in total. The summed E-state index contributed by atoms with van der Waals surface area (Å²) in [5.74, 6) is 0.944. The molecule has 2 aromatic carbocycles. The van der Waals surface area contributed by atoms with E-state index in [4.69, 9.17) is 12.2 Å². The topological polar surface area (TPSA) is 41.9 Å². The summed E-state index contributed by atoms with van der Waals surface area (Å²) >= 11 is 8.77. The van der Waals surface area contributed by atoms with Gasteiger partial charge < -0.3 is 15.2 Å². The number of thiocarbonyl (C=S) groups is 1. The Labute approximate surface area is 142 Å². The fourth-order valence-corrected chi connectivity index (χ4v) is 2.84. The first kappa shape index (κ1) is 15.0. The maximum Gasteiger partial charge on any atom is 0.171 e.